The molecule has 2 aromatic rings. The Morgan fingerprint density at radius 2 is 1.65 bits per heavy atom. The fraction of sp³-hybridized carbons (Fsp3) is 0.435. The highest BCUT2D eigenvalue weighted by Gasteiger charge is 2.21. The summed E-state index contributed by atoms with van der Waals surface area (Å²) in [4.78, 5) is 16.8. The summed E-state index contributed by atoms with van der Waals surface area (Å²) in [5, 5.41) is 0. The van der Waals surface area contributed by atoms with Crippen LogP contribution in [0, 0.1) is 5.92 Å². The first-order valence-corrected chi connectivity index (χ1v) is 12.1. The molecule has 8 heteroatoms. The van der Waals surface area contributed by atoms with E-state index in [9.17, 15) is 13.2 Å². The van der Waals surface area contributed by atoms with Crippen LogP contribution in [0.4, 0.5) is 0 Å². The first-order valence-electron chi connectivity index (χ1n) is 10.6. The SMILES string of the molecule is CC(C)CNS(=O)(=O)c1ccc(OCC(=O)N2CCN(Cc3ccccc3)CC2)cc1. The van der Waals surface area contributed by atoms with Crippen molar-refractivity contribution in [1.82, 2.24) is 14.5 Å². The number of benzene rings is 2. The molecule has 1 N–H and O–H groups in total. The molecule has 2 aromatic carbocycles. The van der Waals surface area contributed by atoms with Gasteiger partial charge < -0.3 is 9.64 Å². The van der Waals surface area contributed by atoms with Crippen molar-refractivity contribution in [2.75, 3.05) is 39.3 Å². The number of nitrogens with zero attached hydrogens (tertiary/aromatic N) is 2. The van der Waals surface area contributed by atoms with Crippen LogP contribution < -0.4 is 9.46 Å². The Bertz CT molecular complexity index is 939. The zero-order valence-corrected chi connectivity index (χ0v) is 19.0. The predicted octanol–water partition coefficient (Wildman–Crippen LogP) is 2.34. The van der Waals surface area contributed by atoms with Crippen molar-refractivity contribution in [3.05, 3.63) is 60.2 Å². The van der Waals surface area contributed by atoms with E-state index < -0.39 is 10.0 Å². The van der Waals surface area contributed by atoms with E-state index in [1.165, 1.54) is 17.7 Å². The summed E-state index contributed by atoms with van der Waals surface area (Å²) < 4.78 is 32.7. The molecule has 1 aliphatic rings. The second-order valence-corrected chi connectivity index (χ2v) is 9.92. The van der Waals surface area contributed by atoms with Gasteiger partial charge in [0.05, 0.1) is 4.90 Å². The molecule has 1 heterocycles. The third kappa shape index (κ3) is 7.05. The van der Waals surface area contributed by atoms with Gasteiger partial charge >= 0.3 is 0 Å². The number of carbonyl (C=O) groups is 1. The van der Waals surface area contributed by atoms with Crippen LogP contribution in [0.15, 0.2) is 59.5 Å². The molecule has 0 aromatic heterocycles. The molecule has 0 atom stereocenters. The summed E-state index contributed by atoms with van der Waals surface area (Å²) in [5.74, 6) is 0.636. The summed E-state index contributed by atoms with van der Waals surface area (Å²) in [6.45, 7) is 8.11. The maximum Gasteiger partial charge on any atom is 0.260 e. The Balaban J connectivity index is 1.43. The lowest BCUT2D eigenvalue weighted by molar-refractivity contribution is -0.135. The normalized spacial score (nSPS) is 15.3. The number of sulfonamides is 1. The zero-order valence-electron chi connectivity index (χ0n) is 18.2. The molecule has 0 aliphatic carbocycles. The first-order chi connectivity index (χ1) is 14.8. The Labute approximate surface area is 185 Å². The van der Waals surface area contributed by atoms with Crippen molar-refractivity contribution in [2.45, 2.75) is 25.3 Å². The molecule has 1 amide bonds. The van der Waals surface area contributed by atoms with E-state index >= 15 is 0 Å². The van der Waals surface area contributed by atoms with Crippen LogP contribution in [0.25, 0.3) is 0 Å². The summed E-state index contributed by atoms with van der Waals surface area (Å²) in [5.41, 5.74) is 1.27. The topological polar surface area (TPSA) is 78.9 Å². The van der Waals surface area contributed by atoms with Crippen LogP contribution in [0.2, 0.25) is 0 Å². The molecule has 1 fully saturated rings. The van der Waals surface area contributed by atoms with Gasteiger partial charge in [0, 0.05) is 39.3 Å². The Morgan fingerprint density at radius 1 is 1.00 bits per heavy atom. The maximum absolute atomic E-state index is 12.5. The number of ether oxygens (including phenoxy) is 1. The summed E-state index contributed by atoms with van der Waals surface area (Å²) >= 11 is 0. The third-order valence-corrected chi connectivity index (χ3v) is 6.59. The van der Waals surface area contributed by atoms with Gasteiger partial charge in [-0.15, -0.1) is 0 Å². The summed E-state index contributed by atoms with van der Waals surface area (Å²) in [6.07, 6.45) is 0. The molecule has 168 valence electrons. The molecule has 0 radical (unpaired) electrons. The van der Waals surface area contributed by atoms with E-state index in [0.717, 1.165) is 19.6 Å². The molecule has 0 unspecified atom stereocenters. The number of carbonyl (C=O) groups excluding carboxylic acids is 1. The van der Waals surface area contributed by atoms with Gasteiger partial charge in [0.15, 0.2) is 6.61 Å². The van der Waals surface area contributed by atoms with Crippen molar-refractivity contribution in [3.8, 4) is 5.75 Å². The monoisotopic (exact) mass is 445 g/mol. The molecule has 31 heavy (non-hydrogen) atoms. The predicted molar refractivity (Wildman–Crippen MR) is 120 cm³/mol. The maximum atomic E-state index is 12.5. The van der Waals surface area contributed by atoms with E-state index in [1.54, 1.807) is 12.1 Å². The van der Waals surface area contributed by atoms with Crippen LogP contribution in [0.3, 0.4) is 0 Å². The zero-order chi connectivity index (χ0) is 22.3. The van der Waals surface area contributed by atoms with Crippen LogP contribution >= 0.6 is 0 Å². The lowest BCUT2D eigenvalue weighted by Crippen LogP contribution is -2.49. The van der Waals surface area contributed by atoms with Gasteiger partial charge in [-0.05, 0) is 35.7 Å². The minimum atomic E-state index is -3.53. The number of hydrogen-bond acceptors (Lipinski definition) is 5. The number of rotatable bonds is 9. The van der Waals surface area contributed by atoms with E-state index in [-0.39, 0.29) is 23.3 Å². The lowest BCUT2D eigenvalue weighted by atomic mass is 10.2. The molecule has 1 aliphatic heterocycles. The third-order valence-electron chi connectivity index (χ3n) is 5.15. The Kier molecular flexibility index (Phi) is 8.06. The number of hydrogen-bond donors (Lipinski definition) is 1. The van der Waals surface area contributed by atoms with Gasteiger partial charge in [-0.1, -0.05) is 44.2 Å². The lowest BCUT2D eigenvalue weighted by Gasteiger charge is -2.34. The van der Waals surface area contributed by atoms with Crippen LogP contribution in [0.1, 0.15) is 19.4 Å². The second-order valence-electron chi connectivity index (χ2n) is 8.15. The summed E-state index contributed by atoms with van der Waals surface area (Å²) in [7, 11) is -3.53. The van der Waals surface area contributed by atoms with Crippen molar-refractivity contribution in [2.24, 2.45) is 5.92 Å². The number of nitrogens with one attached hydrogen (secondary N) is 1. The van der Waals surface area contributed by atoms with E-state index in [0.29, 0.717) is 25.4 Å². The average Bonchev–Trinajstić information content (AvgIpc) is 2.78. The molecular weight excluding hydrogens is 414 g/mol. The van der Waals surface area contributed by atoms with Crippen molar-refractivity contribution in [1.29, 1.82) is 0 Å². The highest BCUT2D eigenvalue weighted by molar-refractivity contribution is 7.89. The highest BCUT2D eigenvalue weighted by atomic mass is 32.2. The average molecular weight is 446 g/mol. The highest BCUT2D eigenvalue weighted by Crippen LogP contribution is 2.16. The van der Waals surface area contributed by atoms with Gasteiger partial charge in [0.25, 0.3) is 5.91 Å². The van der Waals surface area contributed by atoms with Crippen molar-refractivity contribution in [3.63, 3.8) is 0 Å². The standard InChI is InChI=1S/C23H31N3O4S/c1-19(2)16-24-31(28,29)22-10-8-21(9-11-22)30-18-23(27)26-14-12-25(13-15-26)17-20-6-4-3-5-7-20/h3-11,19,24H,12-18H2,1-2H3. The molecule has 0 bridgehead atoms. The number of piperazine rings is 1. The molecule has 0 saturated carbocycles. The van der Waals surface area contributed by atoms with E-state index in [2.05, 4.69) is 21.8 Å². The van der Waals surface area contributed by atoms with Crippen molar-refractivity contribution < 1.29 is 17.9 Å². The first kappa shape index (κ1) is 23.2. The molecule has 0 spiro atoms. The Hall–Kier alpha value is -2.42. The van der Waals surface area contributed by atoms with Gasteiger partial charge in [0.1, 0.15) is 5.75 Å². The molecule has 7 nitrogen and oxygen atoms in total. The van der Waals surface area contributed by atoms with Crippen LogP contribution in [-0.2, 0) is 21.4 Å². The summed E-state index contributed by atoms with van der Waals surface area (Å²) in [6, 6.07) is 16.5. The minimum absolute atomic E-state index is 0.0591. The Morgan fingerprint density at radius 3 is 2.26 bits per heavy atom. The van der Waals surface area contributed by atoms with Gasteiger partial charge in [-0.25, -0.2) is 13.1 Å². The minimum Gasteiger partial charge on any atom is -0.484 e. The smallest absolute Gasteiger partial charge is 0.260 e. The largest absolute Gasteiger partial charge is 0.484 e. The van der Waals surface area contributed by atoms with Gasteiger partial charge in [-0.2, -0.15) is 0 Å². The fourth-order valence-electron chi connectivity index (χ4n) is 3.31. The number of amides is 1. The van der Waals surface area contributed by atoms with Crippen molar-refractivity contribution >= 4 is 15.9 Å². The molecule has 1 saturated heterocycles. The molecular formula is C23H31N3O4S. The fourth-order valence-corrected chi connectivity index (χ4v) is 4.52. The molecule has 3 rings (SSSR count). The second kappa shape index (κ2) is 10.7. The van der Waals surface area contributed by atoms with E-state index in [4.69, 9.17) is 4.74 Å². The quantitative estimate of drug-likeness (QED) is 0.641. The van der Waals surface area contributed by atoms with Gasteiger partial charge in [0.2, 0.25) is 10.0 Å². The van der Waals surface area contributed by atoms with E-state index in [1.807, 2.05) is 36.9 Å². The van der Waals surface area contributed by atoms with Crippen LogP contribution in [-0.4, -0.2) is 63.5 Å². The van der Waals surface area contributed by atoms with Gasteiger partial charge in [-0.3, -0.25) is 9.69 Å². The van der Waals surface area contributed by atoms with Crippen LogP contribution in [0.5, 0.6) is 5.75 Å².